The molecule has 2 N–H and O–H groups in total. The zero-order valence-electron chi connectivity index (χ0n) is 17.7. The van der Waals surface area contributed by atoms with Crippen molar-refractivity contribution in [3.8, 4) is 11.4 Å². The quantitative estimate of drug-likeness (QED) is 0.373. The Balaban J connectivity index is 1.65. The van der Waals surface area contributed by atoms with Crippen molar-refractivity contribution < 1.29 is 9.90 Å². The molecule has 0 unspecified atom stereocenters. The Hall–Kier alpha value is -3.93. The summed E-state index contributed by atoms with van der Waals surface area (Å²) in [4.78, 5) is 13.0. The number of carbonyl (C=O) groups is 1. The molecule has 0 radical (unpaired) electrons. The molecule has 4 aromatic rings. The zero-order chi connectivity index (χ0) is 22.0. The van der Waals surface area contributed by atoms with E-state index < -0.39 is 0 Å². The van der Waals surface area contributed by atoms with Gasteiger partial charge in [-0.3, -0.25) is 4.79 Å². The van der Waals surface area contributed by atoms with Gasteiger partial charge in [0.15, 0.2) is 0 Å². The van der Waals surface area contributed by atoms with Gasteiger partial charge in [-0.25, -0.2) is 10.1 Å². The molecular formula is C25H24N4O2. The van der Waals surface area contributed by atoms with Crippen LogP contribution in [0.2, 0.25) is 0 Å². The Morgan fingerprint density at radius 3 is 2.48 bits per heavy atom. The van der Waals surface area contributed by atoms with E-state index in [9.17, 15) is 9.90 Å². The molecule has 6 heteroatoms. The van der Waals surface area contributed by atoms with Gasteiger partial charge in [0, 0.05) is 11.0 Å². The molecule has 0 saturated carbocycles. The van der Waals surface area contributed by atoms with Crippen LogP contribution in [0.3, 0.4) is 0 Å². The lowest BCUT2D eigenvalue weighted by Gasteiger charge is -2.14. The lowest BCUT2D eigenvalue weighted by atomic mass is 9.92. The fourth-order valence-electron chi connectivity index (χ4n) is 3.31. The van der Waals surface area contributed by atoms with Gasteiger partial charge in [0.05, 0.1) is 17.6 Å². The summed E-state index contributed by atoms with van der Waals surface area (Å²) in [6.45, 7) is 6.15. The van der Waals surface area contributed by atoms with E-state index in [-0.39, 0.29) is 17.1 Å². The molecule has 0 spiro atoms. The summed E-state index contributed by atoms with van der Waals surface area (Å²) in [5.74, 6) is -0.288. The molecular weight excluding hydrogens is 388 g/mol. The highest BCUT2D eigenvalue weighted by atomic mass is 16.3. The minimum Gasteiger partial charge on any atom is -0.507 e. The van der Waals surface area contributed by atoms with Gasteiger partial charge in [-0.05, 0) is 35.0 Å². The Kier molecular flexibility index (Phi) is 5.29. The van der Waals surface area contributed by atoms with Gasteiger partial charge in [0.25, 0.3) is 5.91 Å². The number of hydrogen-bond donors (Lipinski definition) is 2. The summed E-state index contributed by atoms with van der Waals surface area (Å²) in [7, 11) is 0. The molecule has 0 aliphatic carbocycles. The molecule has 6 nitrogen and oxygen atoms in total. The van der Waals surface area contributed by atoms with E-state index in [1.54, 1.807) is 16.8 Å². The highest BCUT2D eigenvalue weighted by molar-refractivity contribution is 6.03. The van der Waals surface area contributed by atoms with Crippen molar-refractivity contribution in [2.75, 3.05) is 0 Å². The summed E-state index contributed by atoms with van der Waals surface area (Å²) in [6.07, 6.45) is 1.46. The van der Waals surface area contributed by atoms with Crippen LogP contribution in [0, 0.1) is 0 Å². The van der Waals surface area contributed by atoms with Gasteiger partial charge in [0.2, 0.25) is 0 Å². The minimum absolute atomic E-state index is 0.0982. The Morgan fingerprint density at radius 1 is 1.03 bits per heavy atom. The number of nitrogens with one attached hydrogen (secondary N) is 1. The van der Waals surface area contributed by atoms with Crippen molar-refractivity contribution >= 4 is 22.9 Å². The van der Waals surface area contributed by atoms with E-state index in [0.717, 1.165) is 22.2 Å². The molecule has 1 amide bonds. The molecule has 0 aliphatic heterocycles. The third-order valence-electron chi connectivity index (χ3n) is 5.02. The molecule has 0 fully saturated rings. The highest BCUT2D eigenvalue weighted by Crippen LogP contribution is 2.26. The van der Waals surface area contributed by atoms with Gasteiger partial charge in [0.1, 0.15) is 11.4 Å². The third-order valence-corrected chi connectivity index (χ3v) is 5.02. The first-order valence-electron chi connectivity index (χ1n) is 10.0. The number of aromatic nitrogens is 2. The summed E-state index contributed by atoms with van der Waals surface area (Å²) in [5.41, 5.74) is 4.88. The number of para-hydroxylation sites is 1. The lowest BCUT2D eigenvalue weighted by molar-refractivity contribution is 0.0947. The maximum absolute atomic E-state index is 13.0. The summed E-state index contributed by atoms with van der Waals surface area (Å²) < 4.78 is 1.63. The molecule has 0 aliphatic rings. The number of fused-ring (bicyclic) bond motifs is 1. The number of phenols is 1. The standard InChI is InChI=1S/C25H24N4O2/c1-25(2,3)23-15-21(29(28-23)18-10-5-4-6-11-18)24(31)27-26-16-20-19-12-8-7-9-17(19)13-14-22(20)30/h4-16,30H,1-3H3,(H,27,31). The molecule has 4 rings (SSSR count). The number of carbonyl (C=O) groups excluding carboxylic acids is 1. The van der Waals surface area contributed by atoms with Crippen LogP contribution >= 0.6 is 0 Å². The van der Waals surface area contributed by atoms with Crippen LogP contribution in [-0.2, 0) is 5.41 Å². The van der Waals surface area contributed by atoms with Crippen LogP contribution < -0.4 is 5.43 Å². The summed E-state index contributed by atoms with van der Waals surface area (Å²) in [5, 5.41) is 20.9. The normalized spacial score (nSPS) is 11.8. The van der Waals surface area contributed by atoms with Crippen molar-refractivity contribution in [2.45, 2.75) is 26.2 Å². The monoisotopic (exact) mass is 412 g/mol. The van der Waals surface area contributed by atoms with Crippen LogP contribution in [0.1, 0.15) is 42.5 Å². The van der Waals surface area contributed by atoms with Crippen LogP contribution in [0.4, 0.5) is 0 Å². The van der Waals surface area contributed by atoms with E-state index in [4.69, 9.17) is 0 Å². The topological polar surface area (TPSA) is 79.5 Å². The van der Waals surface area contributed by atoms with Crippen LogP contribution in [0.15, 0.2) is 77.9 Å². The van der Waals surface area contributed by atoms with Crippen LogP contribution in [-0.4, -0.2) is 27.0 Å². The molecule has 3 aromatic carbocycles. The molecule has 156 valence electrons. The summed E-state index contributed by atoms with van der Waals surface area (Å²) in [6, 6.07) is 22.4. The van der Waals surface area contributed by atoms with Gasteiger partial charge in [-0.2, -0.15) is 10.2 Å². The molecule has 0 bridgehead atoms. The fraction of sp³-hybridized carbons (Fsp3) is 0.160. The van der Waals surface area contributed by atoms with Crippen LogP contribution in [0.25, 0.3) is 16.5 Å². The number of aromatic hydroxyl groups is 1. The number of amides is 1. The Bertz CT molecular complexity index is 1270. The van der Waals surface area contributed by atoms with Crippen molar-refractivity contribution in [3.05, 3.63) is 89.7 Å². The maximum Gasteiger partial charge on any atom is 0.290 e. The first kappa shape index (κ1) is 20.3. The lowest BCUT2D eigenvalue weighted by Crippen LogP contribution is -2.21. The molecule has 1 aromatic heterocycles. The Labute approximate surface area is 180 Å². The molecule has 0 atom stereocenters. The van der Waals surface area contributed by atoms with E-state index in [1.807, 2.05) is 81.4 Å². The van der Waals surface area contributed by atoms with Crippen molar-refractivity contribution in [1.82, 2.24) is 15.2 Å². The first-order valence-corrected chi connectivity index (χ1v) is 10.0. The highest BCUT2D eigenvalue weighted by Gasteiger charge is 2.23. The number of phenolic OH excluding ortho intramolecular Hbond substituents is 1. The van der Waals surface area contributed by atoms with Crippen molar-refractivity contribution in [1.29, 1.82) is 0 Å². The minimum atomic E-state index is -0.386. The average Bonchev–Trinajstić information content (AvgIpc) is 3.22. The third kappa shape index (κ3) is 4.19. The van der Waals surface area contributed by atoms with E-state index >= 15 is 0 Å². The van der Waals surface area contributed by atoms with Gasteiger partial charge < -0.3 is 5.11 Å². The van der Waals surface area contributed by atoms with Gasteiger partial charge in [-0.1, -0.05) is 69.3 Å². The van der Waals surface area contributed by atoms with Gasteiger partial charge >= 0.3 is 0 Å². The van der Waals surface area contributed by atoms with Crippen molar-refractivity contribution in [2.24, 2.45) is 5.10 Å². The SMILES string of the molecule is CC(C)(C)c1cc(C(=O)NN=Cc2c(O)ccc3ccccc23)n(-c2ccccc2)n1. The average molecular weight is 412 g/mol. The second-order valence-corrected chi connectivity index (χ2v) is 8.33. The smallest absolute Gasteiger partial charge is 0.290 e. The second-order valence-electron chi connectivity index (χ2n) is 8.33. The summed E-state index contributed by atoms with van der Waals surface area (Å²) >= 11 is 0. The van der Waals surface area contributed by atoms with E-state index in [2.05, 4.69) is 15.6 Å². The van der Waals surface area contributed by atoms with E-state index in [1.165, 1.54) is 6.21 Å². The number of nitrogens with zero attached hydrogens (tertiary/aromatic N) is 3. The number of benzene rings is 3. The van der Waals surface area contributed by atoms with Crippen LogP contribution in [0.5, 0.6) is 5.75 Å². The zero-order valence-corrected chi connectivity index (χ0v) is 17.7. The van der Waals surface area contributed by atoms with Gasteiger partial charge in [-0.15, -0.1) is 0 Å². The number of rotatable bonds is 4. The second kappa shape index (κ2) is 8.07. The largest absolute Gasteiger partial charge is 0.507 e. The number of hydrazone groups is 1. The predicted molar refractivity (Wildman–Crippen MR) is 123 cm³/mol. The van der Waals surface area contributed by atoms with Crippen molar-refractivity contribution in [3.63, 3.8) is 0 Å². The number of hydrogen-bond acceptors (Lipinski definition) is 4. The van der Waals surface area contributed by atoms with E-state index in [0.29, 0.717) is 11.3 Å². The first-order chi connectivity index (χ1) is 14.8. The fourth-order valence-corrected chi connectivity index (χ4v) is 3.31. The molecule has 1 heterocycles. The predicted octanol–water partition coefficient (Wildman–Crippen LogP) is 4.79. The maximum atomic E-state index is 13.0. The molecule has 31 heavy (non-hydrogen) atoms. The molecule has 0 saturated heterocycles. The Morgan fingerprint density at radius 2 is 1.74 bits per heavy atom.